The number of benzene rings is 1. The predicted octanol–water partition coefficient (Wildman–Crippen LogP) is 2.62. The number of ether oxygens (including phenoxy) is 4. The number of hydrogen-bond acceptors (Lipinski definition) is 6. The Balaban J connectivity index is 1.35. The first-order valence-electron chi connectivity index (χ1n) is 8.19. The molecule has 7 nitrogen and oxygen atoms in total. The second kappa shape index (κ2) is 6.98. The molecule has 1 N–H and O–H groups in total. The van der Waals surface area contributed by atoms with E-state index >= 15 is 0 Å². The maximum absolute atomic E-state index is 12.3. The van der Waals surface area contributed by atoms with Gasteiger partial charge >= 0.3 is 0 Å². The first-order valence-corrected chi connectivity index (χ1v) is 8.19. The summed E-state index contributed by atoms with van der Waals surface area (Å²) in [6.07, 6.45) is 3.71. The number of anilines is 1. The van der Waals surface area contributed by atoms with Gasteiger partial charge in [0.2, 0.25) is 12.7 Å². The fraction of sp³-hybridized carbons (Fsp3) is 0.333. The average Bonchev–Trinajstić information content (AvgIpc) is 3.31. The summed E-state index contributed by atoms with van der Waals surface area (Å²) in [4.78, 5) is 16.5. The van der Waals surface area contributed by atoms with Crippen LogP contribution in [-0.2, 0) is 4.74 Å². The van der Waals surface area contributed by atoms with Crippen molar-refractivity contribution in [2.24, 2.45) is 0 Å². The maximum atomic E-state index is 12.3. The predicted molar refractivity (Wildman–Crippen MR) is 89.2 cm³/mol. The van der Waals surface area contributed by atoms with Crippen LogP contribution in [0.25, 0.3) is 0 Å². The van der Waals surface area contributed by atoms with Crippen LogP contribution in [0.5, 0.6) is 17.4 Å². The number of fused-ring (bicyclic) bond motifs is 1. The van der Waals surface area contributed by atoms with E-state index in [1.54, 1.807) is 30.3 Å². The third-order valence-electron chi connectivity index (χ3n) is 4.07. The molecule has 0 aliphatic carbocycles. The van der Waals surface area contributed by atoms with Crippen LogP contribution in [0.1, 0.15) is 23.2 Å². The van der Waals surface area contributed by atoms with Crippen molar-refractivity contribution in [1.82, 2.24) is 4.98 Å². The molecule has 2 aliphatic heterocycles. The van der Waals surface area contributed by atoms with Crippen LogP contribution >= 0.6 is 0 Å². The fourth-order valence-electron chi connectivity index (χ4n) is 2.73. The van der Waals surface area contributed by atoms with E-state index in [1.807, 2.05) is 0 Å². The Bertz CT molecular complexity index is 757. The Hall–Kier alpha value is -2.80. The number of carbonyl (C=O) groups excluding carboxylic acids is 1. The molecule has 0 spiro atoms. The average molecular weight is 342 g/mol. The number of aromatic nitrogens is 1. The van der Waals surface area contributed by atoms with E-state index < -0.39 is 0 Å². The Morgan fingerprint density at radius 3 is 2.96 bits per heavy atom. The minimum absolute atomic E-state index is 0.135. The Labute approximate surface area is 144 Å². The molecule has 1 aromatic carbocycles. The zero-order valence-corrected chi connectivity index (χ0v) is 13.6. The van der Waals surface area contributed by atoms with Crippen LogP contribution in [0, 0.1) is 0 Å². The molecule has 1 amide bonds. The zero-order chi connectivity index (χ0) is 17.1. The highest BCUT2D eigenvalue weighted by molar-refractivity contribution is 6.04. The first-order chi connectivity index (χ1) is 12.3. The second-order valence-corrected chi connectivity index (χ2v) is 5.85. The SMILES string of the molecule is O=C(Nc1ccc2c(c1)OCO2)c1ccc(OC[C@@H]2CCCO2)nc1. The van der Waals surface area contributed by atoms with Gasteiger partial charge in [0.05, 0.1) is 11.7 Å². The standard InChI is InChI=1S/C18H18N2O5/c21-18(20-13-4-5-15-16(8-13)25-11-24-15)12-3-6-17(19-9-12)23-10-14-2-1-7-22-14/h3-6,8-9,14H,1-2,7,10-11H2,(H,20,21)/t14-/m0/s1. The van der Waals surface area contributed by atoms with E-state index in [9.17, 15) is 4.79 Å². The highest BCUT2D eigenvalue weighted by Crippen LogP contribution is 2.34. The van der Waals surface area contributed by atoms with Gasteiger partial charge in [-0.2, -0.15) is 0 Å². The summed E-state index contributed by atoms with van der Waals surface area (Å²) in [6.45, 7) is 1.47. The van der Waals surface area contributed by atoms with Gasteiger partial charge in [-0.3, -0.25) is 4.79 Å². The summed E-state index contributed by atoms with van der Waals surface area (Å²) in [7, 11) is 0. The van der Waals surface area contributed by atoms with Crippen molar-refractivity contribution >= 4 is 11.6 Å². The molecular formula is C18H18N2O5. The molecule has 0 unspecified atom stereocenters. The fourth-order valence-corrected chi connectivity index (χ4v) is 2.73. The summed E-state index contributed by atoms with van der Waals surface area (Å²) < 4.78 is 21.6. The molecular weight excluding hydrogens is 324 g/mol. The number of nitrogens with zero attached hydrogens (tertiary/aromatic N) is 1. The van der Waals surface area contributed by atoms with E-state index in [0.717, 1.165) is 19.4 Å². The van der Waals surface area contributed by atoms with Gasteiger partial charge in [-0.1, -0.05) is 0 Å². The molecule has 1 fully saturated rings. The third-order valence-corrected chi connectivity index (χ3v) is 4.07. The number of nitrogens with one attached hydrogen (secondary N) is 1. The van der Waals surface area contributed by atoms with Crippen LogP contribution in [0.2, 0.25) is 0 Å². The minimum Gasteiger partial charge on any atom is -0.475 e. The summed E-state index contributed by atoms with van der Waals surface area (Å²) >= 11 is 0. The molecule has 2 aromatic rings. The van der Waals surface area contributed by atoms with E-state index in [2.05, 4.69) is 10.3 Å². The monoisotopic (exact) mass is 342 g/mol. The Morgan fingerprint density at radius 2 is 2.16 bits per heavy atom. The largest absolute Gasteiger partial charge is 0.475 e. The van der Waals surface area contributed by atoms with Crippen LogP contribution in [0.4, 0.5) is 5.69 Å². The molecule has 7 heteroatoms. The van der Waals surface area contributed by atoms with E-state index in [1.165, 1.54) is 6.20 Å². The molecule has 25 heavy (non-hydrogen) atoms. The molecule has 1 saturated heterocycles. The number of carbonyl (C=O) groups is 1. The van der Waals surface area contributed by atoms with Gasteiger partial charge in [-0.25, -0.2) is 4.98 Å². The molecule has 130 valence electrons. The van der Waals surface area contributed by atoms with Gasteiger partial charge in [0.15, 0.2) is 11.5 Å². The first kappa shape index (κ1) is 15.7. The van der Waals surface area contributed by atoms with Crippen LogP contribution in [-0.4, -0.2) is 37.0 Å². The Kier molecular flexibility index (Phi) is 4.39. The number of amides is 1. The van der Waals surface area contributed by atoms with Crippen molar-refractivity contribution in [3.63, 3.8) is 0 Å². The molecule has 3 heterocycles. The lowest BCUT2D eigenvalue weighted by molar-refractivity contribution is 0.0663. The van der Waals surface area contributed by atoms with Crippen LogP contribution < -0.4 is 19.5 Å². The quantitative estimate of drug-likeness (QED) is 0.900. The summed E-state index contributed by atoms with van der Waals surface area (Å²) in [5, 5.41) is 2.81. The highest BCUT2D eigenvalue weighted by atomic mass is 16.7. The molecule has 0 bridgehead atoms. The summed E-state index contributed by atoms with van der Waals surface area (Å²) in [6, 6.07) is 8.62. The number of hydrogen-bond donors (Lipinski definition) is 1. The van der Waals surface area contributed by atoms with Crippen LogP contribution in [0.15, 0.2) is 36.5 Å². The normalized spacial score (nSPS) is 18.2. The van der Waals surface area contributed by atoms with Gasteiger partial charge in [0.25, 0.3) is 5.91 Å². The van der Waals surface area contributed by atoms with Crippen molar-refractivity contribution in [3.8, 4) is 17.4 Å². The molecule has 4 rings (SSSR count). The van der Waals surface area contributed by atoms with Crippen molar-refractivity contribution in [2.45, 2.75) is 18.9 Å². The number of rotatable bonds is 5. The van der Waals surface area contributed by atoms with Crippen molar-refractivity contribution in [3.05, 3.63) is 42.1 Å². The molecule has 0 saturated carbocycles. The van der Waals surface area contributed by atoms with E-state index in [0.29, 0.717) is 35.2 Å². The zero-order valence-electron chi connectivity index (χ0n) is 13.6. The second-order valence-electron chi connectivity index (χ2n) is 5.85. The van der Waals surface area contributed by atoms with E-state index in [-0.39, 0.29) is 18.8 Å². The lowest BCUT2D eigenvalue weighted by Crippen LogP contribution is -2.17. The van der Waals surface area contributed by atoms with Gasteiger partial charge in [0.1, 0.15) is 6.61 Å². The Morgan fingerprint density at radius 1 is 1.24 bits per heavy atom. The van der Waals surface area contributed by atoms with Gasteiger partial charge in [-0.15, -0.1) is 0 Å². The molecule has 1 aromatic heterocycles. The van der Waals surface area contributed by atoms with Gasteiger partial charge in [0, 0.05) is 30.6 Å². The third kappa shape index (κ3) is 3.66. The van der Waals surface area contributed by atoms with Crippen molar-refractivity contribution in [1.29, 1.82) is 0 Å². The number of pyridine rings is 1. The lowest BCUT2D eigenvalue weighted by atomic mass is 10.2. The summed E-state index contributed by atoms with van der Waals surface area (Å²) in [5.41, 5.74) is 1.08. The van der Waals surface area contributed by atoms with Crippen molar-refractivity contribution in [2.75, 3.05) is 25.3 Å². The van der Waals surface area contributed by atoms with Gasteiger partial charge in [-0.05, 0) is 31.0 Å². The van der Waals surface area contributed by atoms with E-state index in [4.69, 9.17) is 18.9 Å². The minimum atomic E-state index is -0.253. The molecule has 2 aliphatic rings. The molecule has 1 atom stereocenters. The molecule has 0 radical (unpaired) electrons. The highest BCUT2D eigenvalue weighted by Gasteiger charge is 2.17. The van der Waals surface area contributed by atoms with Crippen molar-refractivity contribution < 1.29 is 23.7 Å². The van der Waals surface area contributed by atoms with Crippen LogP contribution in [0.3, 0.4) is 0 Å². The topological polar surface area (TPSA) is 78.9 Å². The lowest BCUT2D eigenvalue weighted by Gasteiger charge is -2.11. The van der Waals surface area contributed by atoms with Gasteiger partial charge < -0.3 is 24.3 Å². The summed E-state index contributed by atoms with van der Waals surface area (Å²) in [5.74, 6) is 1.52. The maximum Gasteiger partial charge on any atom is 0.257 e. The smallest absolute Gasteiger partial charge is 0.257 e.